The lowest BCUT2D eigenvalue weighted by atomic mass is 10.3. The van der Waals surface area contributed by atoms with Crippen molar-refractivity contribution in [2.24, 2.45) is 4.99 Å². The van der Waals surface area contributed by atoms with E-state index in [1.165, 1.54) is 0 Å². The molecule has 1 aromatic heterocycles. The first-order chi connectivity index (χ1) is 10.6. The molecule has 0 saturated carbocycles. The summed E-state index contributed by atoms with van der Waals surface area (Å²) in [5.74, 6) is 1.70. The fourth-order valence-corrected chi connectivity index (χ4v) is 1.78. The van der Waals surface area contributed by atoms with E-state index in [1.807, 2.05) is 12.1 Å². The molecule has 0 spiro atoms. The highest BCUT2D eigenvalue weighted by Crippen LogP contribution is 2.01. The molecule has 0 aliphatic heterocycles. The predicted molar refractivity (Wildman–Crippen MR) is 90.1 cm³/mol. The van der Waals surface area contributed by atoms with Crippen LogP contribution in [0, 0.1) is 0 Å². The van der Waals surface area contributed by atoms with Crippen LogP contribution in [0.3, 0.4) is 0 Å². The van der Waals surface area contributed by atoms with Crippen molar-refractivity contribution in [3.05, 3.63) is 24.2 Å². The second-order valence-electron chi connectivity index (χ2n) is 5.49. The third kappa shape index (κ3) is 8.05. The number of ether oxygens (including phenoxy) is 1. The first-order valence-electron chi connectivity index (χ1n) is 7.88. The minimum atomic E-state index is 0.529. The van der Waals surface area contributed by atoms with E-state index in [2.05, 4.69) is 41.4 Å². The maximum atomic E-state index is 5.53. The molecule has 0 saturated heterocycles. The van der Waals surface area contributed by atoms with Gasteiger partial charge in [0.05, 0.1) is 6.26 Å². The Morgan fingerprint density at radius 2 is 2.14 bits per heavy atom. The summed E-state index contributed by atoms with van der Waals surface area (Å²) in [5.41, 5.74) is 0. The third-order valence-corrected chi connectivity index (χ3v) is 3.44. The lowest BCUT2D eigenvalue weighted by molar-refractivity contribution is 0.105. The minimum absolute atomic E-state index is 0.529. The molecule has 22 heavy (non-hydrogen) atoms. The molecule has 6 heteroatoms. The van der Waals surface area contributed by atoms with Crippen LogP contribution in [-0.2, 0) is 11.3 Å². The van der Waals surface area contributed by atoms with Gasteiger partial charge in [-0.3, -0.25) is 4.99 Å². The molecule has 0 aliphatic carbocycles. The molecule has 0 radical (unpaired) electrons. The van der Waals surface area contributed by atoms with E-state index in [0.717, 1.165) is 37.8 Å². The van der Waals surface area contributed by atoms with Gasteiger partial charge in [0, 0.05) is 39.3 Å². The first-order valence-corrected chi connectivity index (χ1v) is 7.88. The van der Waals surface area contributed by atoms with Gasteiger partial charge >= 0.3 is 0 Å². The van der Waals surface area contributed by atoms with Gasteiger partial charge in [-0.05, 0) is 39.4 Å². The zero-order valence-corrected chi connectivity index (χ0v) is 14.3. The lowest BCUT2D eigenvalue weighted by Gasteiger charge is -2.21. The van der Waals surface area contributed by atoms with Gasteiger partial charge in [0.15, 0.2) is 5.96 Å². The molecule has 0 fully saturated rings. The molecule has 0 aliphatic rings. The number of nitrogens with one attached hydrogen (secondary N) is 2. The Balaban J connectivity index is 2.01. The molecule has 126 valence electrons. The van der Waals surface area contributed by atoms with Crippen molar-refractivity contribution in [3.63, 3.8) is 0 Å². The SMILES string of the molecule is CN=C(NCCCOCc1ccco1)NCCN(C)C(C)C. The largest absolute Gasteiger partial charge is 0.467 e. The number of likely N-dealkylation sites (N-methyl/N-ethyl adjacent to an activating group) is 1. The van der Waals surface area contributed by atoms with Gasteiger partial charge in [-0.15, -0.1) is 0 Å². The number of nitrogens with zero attached hydrogens (tertiary/aromatic N) is 2. The second kappa shape index (κ2) is 11.1. The molecule has 2 N–H and O–H groups in total. The van der Waals surface area contributed by atoms with E-state index in [9.17, 15) is 0 Å². The smallest absolute Gasteiger partial charge is 0.191 e. The van der Waals surface area contributed by atoms with Gasteiger partial charge in [-0.25, -0.2) is 0 Å². The predicted octanol–water partition coefficient (Wildman–Crippen LogP) is 1.69. The molecular weight excluding hydrogens is 280 g/mol. The Bertz CT molecular complexity index is 404. The molecule has 0 bridgehead atoms. The van der Waals surface area contributed by atoms with Crippen molar-refractivity contribution >= 4 is 5.96 Å². The van der Waals surface area contributed by atoms with Crippen molar-refractivity contribution < 1.29 is 9.15 Å². The highest BCUT2D eigenvalue weighted by atomic mass is 16.5. The number of rotatable bonds is 10. The summed E-state index contributed by atoms with van der Waals surface area (Å²) < 4.78 is 10.7. The average molecular weight is 310 g/mol. The van der Waals surface area contributed by atoms with E-state index in [0.29, 0.717) is 19.3 Å². The number of hydrogen-bond acceptors (Lipinski definition) is 4. The monoisotopic (exact) mass is 310 g/mol. The second-order valence-corrected chi connectivity index (χ2v) is 5.49. The summed E-state index contributed by atoms with van der Waals surface area (Å²) in [7, 11) is 3.91. The summed E-state index contributed by atoms with van der Waals surface area (Å²) >= 11 is 0. The quantitative estimate of drug-likeness (QED) is 0.391. The van der Waals surface area contributed by atoms with Crippen molar-refractivity contribution in [1.29, 1.82) is 0 Å². The number of hydrogen-bond donors (Lipinski definition) is 2. The van der Waals surface area contributed by atoms with E-state index in [-0.39, 0.29) is 0 Å². The maximum absolute atomic E-state index is 5.53. The van der Waals surface area contributed by atoms with E-state index >= 15 is 0 Å². The number of guanidine groups is 1. The van der Waals surface area contributed by atoms with Gasteiger partial charge in [-0.1, -0.05) is 0 Å². The Morgan fingerprint density at radius 1 is 1.36 bits per heavy atom. The summed E-state index contributed by atoms with van der Waals surface area (Å²) in [6, 6.07) is 4.34. The van der Waals surface area contributed by atoms with Crippen LogP contribution in [0.4, 0.5) is 0 Å². The van der Waals surface area contributed by atoms with Crippen LogP contribution in [-0.4, -0.2) is 57.2 Å². The van der Waals surface area contributed by atoms with Crippen molar-refractivity contribution in [2.75, 3.05) is 40.3 Å². The molecule has 0 unspecified atom stereocenters. The van der Waals surface area contributed by atoms with Gasteiger partial charge in [-0.2, -0.15) is 0 Å². The number of aliphatic imine (C=N–C) groups is 1. The Hall–Kier alpha value is -1.53. The van der Waals surface area contributed by atoms with Gasteiger partial charge in [0.2, 0.25) is 0 Å². The van der Waals surface area contributed by atoms with Crippen LogP contribution in [0.1, 0.15) is 26.0 Å². The highest BCUT2D eigenvalue weighted by Gasteiger charge is 2.03. The molecule has 0 amide bonds. The zero-order chi connectivity index (χ0) is 16.2. The van der Waals surface area contributed by atoms with Gasteiger partial charge in [0.25, 0.3) is 0 Å². The van der Waals surface area contributed by atoms with E-state index < -0.39 is 0 Å². The van der Waals surface area contributed by atoms with Crippen LogP contribution in [0.15, 0.2) is 27.8 Å². The summed E-state index contributed by atoms with van der Waals surface area (Å²) in [5, 5.41) is 6.59. The van der Waals surface area contributed by atoms with Crippen molar-refractivity contribution in [3.8, 4) is 0 Å². The van der Waals surface area contributed by atoms with Crippen LogP contribution in [0.2, 0.25) is 0 Å². The minimum Gasteiger partial charge on any atom is -0.467 e. The zero-order valence-electron chi connectivity index (χ0n) is 14.3. The van der Waals surface area contributed by atoms with Crippen LogP contribution in [0.25, 0.3) is 0 Å². The molecule has 0 aromatic carbocycles. The summed E-state index contributed by atoms with van der Waals surface area (Å²) in [6.45, 7) is 8.31. The highest BCUT2D eigenvalue weighted by molar-refractivity contribution is 5.79. The average Bonchev–Trinajstić information content (AvgIpc) is 3.01. The fourth-order valence-electron chi connectivity index (χ4n) is 1.78. The summed E-state index contributed by atoms with van der Waals surface area (Å²) in [6.07, 6.45) is 2.58. The topological polar surface area (TPSA) is 62.0 Å². The van der Waals surface area contributed by atoms with Crippen LogP contribution in [0.5, 0.6) is 0 Å². The fraction of sp³-hybridized carbons (Fsp3) is 0.688. The first kappa shape index (κ1) is 18.5. The van der Waals surface area contributed by atoms with Crippen molar-refractivity contribution in [1.82, 2.24) is 15.5 Å². The maximum Gasteiger partial charge on any atom is 0.191 e. The molecular formula is C16H30N4O2. The van der Waals surface area contributed by atoms with Gasteiger partial charge in [0.1, 0.15) is 12.4 Å². The Labute approximate surface area is 133 Å². The standard InChI is InChI=1S/C16H30N4O2/c1-14(2)20(4)10-9-19-16(17-3)18-8-6-11-21-13-15-7-5-12-22-15/h5,7,12,14H,6,8-11,13H2,1-4H3,(H2,17,18,19). The van der Waals surface area contributed by atoms with Gasteiger partial charge < -0.3 is 24.7 Å². The Morgan fingerprint density at radius 3 is 2.77 bits per heavy atom. The number of furan rings is 1. The summed E-state index contributed by atoms with van der Waals surface area (Å²) in [4.78, 5) is 6.50. The Kier molecular flexibility index (Phi) is 9.34. The molecule has 1 aromatic rings. The van der Waals surface area contributed by atoms with Crippen LogP contribution < -0.4 is 10.6 Å². The molecule has 1 rings (SSSR count). The molecule has 0 atom stereocenters. The lowest BCUT2D eigenvalue weighted by Crippen LogP contribution is -2.42. The van der Waals surface area contributed by atoms with Crippen molar-refractivity contribution in [2.45, 2.75) is 32.9 Å². The van der Waals surface area contributed by atoms with E-state index in [4.69, 9.17) is 9.15 Å². The van der Waals surface area contributed by atoms with Crippen LogP contribution >= 0.6 is 0 Å². The van der Waals surface area contributed by atoms with E-state index in [1.54, 1.807) is 13.3 Å². The molecule has 1 heterocycles. The normalized spacial score (nSPS) is 12.2. The third-order valence-electron chi connectivity index (χ3n) is 3.44. The molecule has 6 nitrogen and oxygen atoms in total.